The number of amides is 2. The van der Waals surface area contributed by atoms with E-state index in [1.165, 1.54) is 6.26 Å². The van der Waals surface area contributed by atoms with Gasteiger partial charge in [-0.15, -0.1) is 0 Å². The normalized spacial score (nSPS) is 16.3. The molecule has 7 nitrogen and oxygen atoms in total. The van der Waals surface area contributed by atoms with Crippen LogP contribution in [0, 0.1) is 0 Å². The Kier molecular flexibility index (Phi) is 4.97. The number of hydrogen-bond acceptors (Lipinski definition) is 4. The van der Waals surface area contributed by atoms with Crippen LogP contribution >= 0.6 is 0 Å². The van der Waals surface area contributed by atoms with E-state index >= 15 is 0 Å². The van der Waals surface area contributed by atoms with Gasteiger partial charge in [-0.2, -0.15) is 5.10 Å². The van der Waals surface area contributed by atoms with Crippen LogP contribution in [0.15, 0.2) is 65.5 Å². The van der Waals surface area contributed by atoms with Gasteiger partial charge in [-0.25, -0.2) is 4.68 Å². The van der Waals surface area contributed by atoms with Crippen LogP contribution in [-0.4, -0.2) is 51.0 Å². The number of rotatable bonds is 5. The van der Waals surface area contributed by atoms with E-state index in [2.05, 4.69) is 5.10 Å². The van der Waals surface area contributed by atoms with Crippen LogP contribution in [0.4, 0.5) is 0 Å². The lowest BCUT2D eigenvalue weighted by atomic mass is 10.2. The van der Waals surface area contributed by atoms with E-state index in [1.807, 2.05) is 36.5 Å². The number of furan rings is 1. The number of nitrogens with zero attached hydrogens (tertiary/aromatic N) is 4. The first-order valence-corrected chi connectivity index (χ1v) is 9.32. The summed E-state index contributed by atoms with van der Waals surface area (Å²) in [6, 6.07) is 12.7. The van der Waals surface area contributed by atoms with Gasteiger partial charge in [0.05, 0.1) is 18.1 Å². The minimum absolute atomic E-state index is 0.0649. The molecule has 28 heavy (non-hydrogen) atoms. The van der Waals surface area contributed by atoms with E-state index in [1.54, 1.807) is 39.9 Å². The highest BCUT2D eigenvalue weighted by molar-refractivity contribution is 5.95. The fraction of sp³-hybridized carbons (Fsp3) is 0.286. The molecule has 1 atom stereocenters. The summed E-state index contributed by atoms with van der Waals surface area (Å²) in [4.78, 5) is 28.9. The van der Waals surface area contributed by atoms with E-state index in [-0.39, 0.29) is 17.6 Å². The molecule has 0 bridgehead atoms. The molecule has 7 heteroatoms. The zero-order valence-electron chi connectivity index (χ0n) is 15.7. The molecule has 1 aromatic carbocycles. The third-order valence-corrected chi connectivity index (χ3v) is 4.98. The molecule has 1 aliphatic rings. The SMILES string of the molecule is CN(Cc1cnn(-c2ccccc2)c1)C(=O)[C@H]1CCCN1C(=O)c1ccco1. The van der Waals surface area contributed by atoms with Gasteiger partial charge in [0.15, 0.2) is 5.76 Å². The molecule has 1 saturated heterocycles. The molecule has 0 aliphatic carbocycles. The van der Waals surface area contributed by atoms with E-state index in [0.29, 0.717) is 19.5 Å². The largest absolute Gasteiger partial charge is 0.459 e. The number of likely N-dealkylation sites (N-methyl/N-ethyl adjacent to an activating group) is 1. The first kappa shape index (κ1) is 18.0. The minimum Gasteiger partial charge on any atom is -0.459 e. The van der Waals surface area contributed by atoms with Gasteiger partial charge in [-0.05, 0) is 37.1 Å². The molecule has 2 aromatic heterocycles. The molecule has 144 valence electrons. The smallest absolute Gasteiger partial charge is 0.290 e. The van der Waals surface area contributed by atoms with Crippen molar-refractivity contribution in [1.82, 2.24) is 19.6 Å². The second kappa shape index (κ2) is 7.72. The summed E-state index contributed by atoms with van der Waals surface area (Å²) < 4.78 is 7.00. The quantitative estimate of drug-likeness (QED) is 0.684. The van der Waals surface area contributed by atoms with Crippen LogP contribution in [0.3, 0.4) is 0 Å². The van der Waals surface area contributed by atoms with Gasteiger partial charge in [-0.1, -0.05) is 18.2 Å². The molecule has 0 spiro atoms. The molecule has 0 unspecified atom stereocenters. The average Bonchev–Trinajstić information content (AvgIpc) is 3.48. The van der Waals surface area contributed by atoms with Crippen LogP contribution in [-0.2, 0) is 11.3 Å². The van der Waals surface area contributed by atoms with Crippen molar-refractivity contribution >= 4 is 11.8 Å². The Morgan fingerprint density at radius 2 is 2.04 bits per heavy atom. The third kappa shape index (κ3) is 3.55. The van der Waals surface area contributed by atoms with Gasteiger partial charge in [0.1, 0.15) is 6.04 Å². The Balaban J connectivity index is 1.43. The summed E-state index contributed by atoms with van der Waals surface area (Å²) in [5.74, 6) is -0.0255. The first-order valence-electron chi connectivity index (χ1n) is 9.32. The molecule has 0 radical (unpaired) electrons. The number of likely N-dealkylation sites (tertiary alicyclic amines) is 1. The average molecular weight is 378 g/mol. The number of para-hydroxylation sites is 1. The number of carbonyl (C=O) groups is 2. The standard InChI is InChI=1S/C21H22N4O3/c1-23(14-16-13-22-25(15-16)17-7-3-2-4-8-17)20(26)18-9-5-11-24(18)21(27)19-10-6-12-28-19/h2-4,6-8,10,12-13,15,18H,5,9,11,14H2,1H3/t18-/m1/s1. The van der Waals surface area contributed by atoms with Crippen molar-refractivity contribution in [3.8, 4) is 5.69 Å². The Hall–Kier alpha value is -3.35. The summed E-state index contributed by atoms with van der Waals surface area (Å²) in [6.45, 7) is 1.00. The maximum absolute atomic E-state index is 13.0. The van der Waals surface area contributed by atoms with Crippen molar-refractivity contribution in [2.24, 2.45) is 0 Å². The molecule has 1 fully saturated rings. The predicted octanol–water partition coefficient (Wildman–Crippen LogP) is 2.73. The fourth-order valence-corrected chi connectivity index (χ4v) is 3.58. The zero-order valence-corrected chi connectivity index (χ0v) is 15.7. The Morgan fingerprint density at radius 1 is 1.21 bits per heavy atom. The molecule has 3 aromatic rings. The van der Waals surface area contributed by atoms with Crippen molar-refractivity contribution in [3.05, 3.63) is 72.4 Å². The van der Waals surface area contributed by atoms with Gasteiger partial charge in [0, 0.05) is 31.9 Å². The number of hydrogen-bond donors (Lipinski definition) is 0. The summed E-state index contributed by atoms with van der Waals surface area (Å²) >= 11 is 0. The van der Waals surface area contributed by atoms with Gasteiger partial charge < -0.3 is 14.2 Å². The van der Waals surface area contributed by atoms with E-state index < -0.39 is 6.04 Å². The molecular formula is C21H22N4O3. The molecule has 0 N–H and O–H groups in total. The van der Waals surface area contributed by atoms with Crippen LogP contribution in [0.1, 0.15) is 29.0 Å². The van der Waals surface area contributed by atoms with Gasteiger partial charge >= 0.3 is 0 Å². The van der Waals surface area contributed by atoms with Crippen LogP contribution in [0.25, 0.3) is 5.69 Å². The Bertz CT molecular complexity index is 949. The maximum atomic E-state index is 13.0. The van der Waals surface area contributed by atoms with Crippen LogP contribution in [0.2, 0.25) is 0 Å². The summed E-state index contributed by atoms with van der Waals surface area (Å²) in [5.41, 5.74) is 1.90. The van der Waals surface area contributed by atoms with E-state index in [9.17, 15) is 9.59 Å². The Morgan fingerprint density at radius 3 is 2.79 bits per heavy atom. The summed E-state index contributed by atoms with van der Waals surface area (Å²) in [7, 11) is 1.76. The van der Waals surface area contributed by atoms with Gasteiger partial charge in [0.25, 0.3) is 5.91 Å². The zero-order chi connectivity index (χ0) is 19.5. The lowest BCUT2D eigenvalue weighted by molar-refractivity contribution is -0.134. The lowest BCUT2D eigenvalue weighted by Gasteiger charge is -2.27. The van der Waals surface area contributed by atoms with E-state index in [0.717, 1.165) is 17.7 Å². The highest BCUT2D eigenvalue weighted by Crippen LogP contribution is 2.22. The van der Waals surface area contributed by atoms with Gasteiger partial charge in [0.2, 0.25) is 5.91 Å². The monoisotopic (exact) mass is 378 g/mol. The molecular weight excluding hydrogens is 356 g/mol. The Labute approximate surface area is 163 Å². The topological polar surface area (TPSA) is 71.6 Å². The van der Waals surface area contributed by atoms with Crippen LogP contribution < -0.4 is 0 Å². The summed E-state index contributed by atoms with van der Waals surface area (Å²) in [6.07, 6.45) is 6.62. The number of carbonyl (C=O) groups excluding carboxylic acids is 2. The second-order valence-corrected chi connectivity index (χ2v) is 6.96. The molecule has 1 aliphatic heterocycles. The molecule has 2 amide bonds. The molecule has 4 rings (SSSR count). The minimum atomic E-state index is -0.452. The van der Waals surface area contributed by atoms with Crippen molar-refractivity contribution < 1.29 is 14.0 Å². The lowest BCUT2D eigenvalue weighted by Crippen LogP contribution is -2.46. The van der Waals surface area contributed by atoms with Gasteiger partial charge in [-0.3, -0.25) is 9.59 Å². The number of benzene rings is 1. The maximum Gasteiger partial charge on any atom is 0.290 e. The van der Waals surface area contributed by atoms with E-state index in [4.69, 9.17) is 4.42 Å². The summed E-state index contributed by atoms with van der Waals surface area (Å²) in [5, 5.41) is 4.38. The molecule has 3 heterocycles. The fourth-order valence-electron chi connectivity index (χ4n) is 3.58. The predicted molar refractivity (Wildman–Crippen MR) is 103 cm³/mol. The highest BCUT2D eigenvalue weighted by Gasteiger charge is 2.36. The van der Waals surface area contributed by atoms with Crippen molar-refractivity contribution in [2.45, 2.75) is 25.4 Å². The van der Waals surface area contributed by atoms with Crippen LogP contribution in [0.5, 0.6) is 0 Å². The first-order chi connectivity index (χ1) is 13.6. The van der Waals surface area contributed by atoms with Crippen molar-refractivity contribution in [1.29, 1.82) is 0 Å². The van der Waals surface area contributed by atoms with Crippen molar-refractivity contribution in [3.63, 3.8) is 0 Å². The number of aromatic nitrogens is 2. The second-order valence-electron chi connectivity index (χ2n) is 6.96. The van der Waals surface area contributed by atoms with Crippen molar-refractivity contribution in [2.75, 3.05) is 13.6 Å². The third-order valence-electron chi connectivity index (χ3n) is 4.98. The molecule has 0 saturated carbocycles. The highest BCUT2D eigenvalue weighted by atomic mass is 16.3.